The molecule has 0 saturated heterocycles. The van der Waals surface area contributed by atoms with Gasteiger partial charge in [0.1, 0.15) is 5.41 Å². The predicted molar refractivity (Wildman–Crippen MR) is 62.1 cm³/mol. The summed E-state index contributed by atoms with van der Waals surface area (Å²) in [7, 11) is -3.57. The van der Waals surface area contributed by atoms with E-state index in [9.17, 15) is 13.2 Å². The Balaban J connectivity index is 2.53. The Bertz CT molecular complexity index is 419. The van der Waals surface area contributed by atoms with Crippen molar-refractivity contribution in [2.45, 2.75) is 32.1 Å². The standard InChI is InChI=1S/C10H17N3O3S/c11-8-10(4-2-1-3-5-10)9(14)13-6-7-17(12,15)16/h1-7H2,(H,13,14)(H2,12,15,16). The van der Waals surface area contributed by atoms with Crippen molar-refractivity contribution < 1.29 is 13.2 Å². The van der Waals surface area contributed by atoms with E-state index in [1.165, 1.54) is 0 Å². The van der Waals surface area contributed by atoms with Crippen molar-refractivity contribution in [3.05, 3.63) is 0 Å². The van der Waals surface area contributed by atoms with E-state index in [0.717, 1.165) is 19.3 Å². The summed E-state index contributed by atoms with van der Waals surface area (Å²) < 4.78 is 21.4. The molecular formula is C10H17N3O3S. The molecule has 1 fully saturated rings. The van der Waals surface area contributed by atoms with Crippen LogP contribution >= 0.6 is 0 Å². The number of primary sulfonamides is 1. The quantitative estimate of drug-likeness (QED) is 0.731. The zero-order valence-corrected chi connectivity index (χ0v) is 10.4. The van der Waals surface area contributed by atoms with Gasteiger partial charge in [-0.2, -0.15) is 5.26 Å². The second-order valence-electron chi connectivity index (χ2n) is 4.38. The van der Waals surface area contributed by atoms with Crippen LogP contribution in [0.25, 0.3) is 0 Å². The van der Waals surface area contributed by atoms with Crippen molar-refractivity contribution in [1.29, 1.82) is 5.26 Å². The molecule has 1 rings (SSSR count). The van der Waals surface area contributed by atoms with Gasteiger partial charge in [0, 0.05) is 6.54 Å². The summed E-state index contributed by atoms with van der Waals surface area (Å²) in [4.78, 5) is 11.9. The first-order valence-electron chi connectivity index (χ1n) is 5.60. The van der Waals surface area contributed by atoms with Gasteiger partial charge >= 0.3 is 0 Å². The number of carbonyl (C=O) groups is 1. The number of nitrogens with zero attached hydrogens (tertiary/aromatic N) is 1. The number of rotatable bonds is 4. The Hall–Kier alpha value is -1.13. The minimum absolute atomic E-state index is 0.0406. The maximum absolute atomic E-state index is 11.9. The Kier molecular flexibility index (Phi) is 4.48. The summed E-state index contributed by atoms with van der Waals surface area (Å²) in [6.45, 7) is -0.0406. The summed E-state index contributed by atoms with van der Waals surface area (Å²) in [5.74, 6) is -0.677. The van der Waals surface area contributed by atoms with Crippen LogP contribution in [0.5, 0.6) is 0 Å². The molecule has 0 bridgehead atoms. The number of hydrogen-bond donors (Lipinski definition) is 2. The lowest BCUT2D eigenvalue weighted by Gasteiger charge is -2.29. The smallest absolute Gasteiger partial charge is 0.240 e. The molecular weight excluding hydrogens is 242 g/mol. The van der Waals surface area contributed by atoms with Crippen LogP contribution in [0.1, 0.15) is 32.1 Å². The minimum Gasteiger partial charge on any atom is -0.354 e. The molecule has 1 amide bonds. The van der Waals surface area contributed by atoms with E-state index in [0.29, 0.717) is 12.8 Å². The number of carbonyl (C=O) groups excluding carboxylic acids is 1. The van der Waals surface area contributed by atoms with Gasteiger partial charge in [-0.1, -0.05) is 19.3 Å². The highest BCUT2D eigenvalue weighted by atomic mass is 32.2. The van der Waals surface area contributed by atoms with Crippen LogP contribution in [0.3, 0.4) is 0 Å². The van der Waals surface area contributed by atoms with Crippen LogP contribution in [0.15, 0.2) is 0 Å². The number of amides is 1. The van der Waals surface area contributed by atoms with Gasteiger partial charge in [0.05, 0.1) is 11.8 Å². The van der Waals surface area contributed by atoms with Crippen LogP contribution in [0.2, 0.25) is 0 Å². The van der Waals surface area contributed by atoms with Crippen molar-refractivity contribution in [2.24, 2.45) is 10.6 Å². The summed E-state index contributed by atoms with van der Waals surface area (Å²) in [6, 6.07) is 2.07. The number of nitrogens with one attached hydrogen (secondary N) is 1. The van der Waals surface area contributed by atoms with E-state index in [1.807, 2.05) is 0 Å². The van der Waals surface area contributed by atoms with Crippen molar-refractivity contribution in [1.82, 2.24) is 5.32 Å². The summed E-state index contributed by atoms with van der Waals surface area (Å²) in [6.07, 6.45) is 3.84. The average molecular weight is 259 g/mol. The Morgan fingerprint density at radius 1 is 1.35 bits per heavy atom. The van der Waals surface area contributed by atoms with Gasteiger partial charge in [0.15, 0.2) is 0 Å². The summed E-state index contributed by atoms with van der Waals surface area (Å²) in [5, 5.41) is 16.4. The first-order chi connectivity index (χ1) is 7.90. The fourth-order valence-corrected chi connectivity index (χ4v) is 2.41. The molecule has 0 aliphatic heterocycles. The maximum Gasteiger partial charge on any atom is 0.240 e. The lowest BCUT2D eigenvalue weighted by atomic mass is 9.74. The molecule has 96 valence electrons. The molecule has 17 heavy (non-hydrogen) atoms. The predicted octanol–water partition coefficient (Wildman–Crippen LogP) is -0.135. The first-order valence-corrected chi connectivity index (χ1v) is 7.31. The highest BCUT2D eigenvalue weighted by molar-refractivity contribution is 7.89. The highest BCUT2D eigenvalue weighted by Gasteiger charge is 2.39. The first kappa shape index (κ1) is 13.9. The average Bonchev–Trinajstić information content (AvgIpc) is 2.28. The van der Waals surface area contributed by atoms with Crippen LogP contribution in [-0.4, -0.2) is 26.6 Å². The minimum atomic E-state index is -3.57. The molecule has 1 saturated carbocycles. The monoisotopic (exact) mass is 259 g/mol. The van der Waals surface area contributed by atoms with Gasteiger partial charge in [-0.25, -0.2) is 13.6 Å². The molecule has 7 heteroatoms. The number of hydrogen-bond acceptors (Lipinski definition) is 4. The van der Waals surface area contributed by atoms with E-state index in [2.05, 4.69) is 11.4 Å². The van der Waals surface area contributed by atoms with Crippen molar-refractivity contribution in [3.63, 3.8) is 0 Å². The Labute approximate surface area is 101 Å². The van der Waals surface area contributed by atoms with Crippen molar-refractivity contribution in [3.8, 4) is 6.07 Å². The van der Waals surface area contributed by atoms with E-state index < -0.39 is 15.4 Å². The van der Waals surface area contributed by atoms with Gasteiger partial charge in [-0.3, -0.25) is 4.79 Å². The second kappa shape index (κ2) is 5.47. The Morgan fingerprint density at radius 2 is 1.94 bits per heavy atom. The number of sulfonamides is 1. The van der Waals surface area contributed by atoms with Gasteiger partial charge in [0.2, 0.25) is 15.9 Å². The van der Waals surface area contributed by atoms with Gasteiger partial charge in [0.25, 0.3) is 0 Å². The van der Waals surface area contributed by atoms with Gasteiger partial charge < -0.3 is 5.32 Å². The fourth-order valence-electron chi connectivity index (χ4n) is 2.02. The van der Waals surface area contributed by atoms with Crippen LogP contribution in [-0.2, 0) is 14.8 Å². The fraction of sp³-hybridized carbons (Fsp3) is 0.800. The zero-order valence-electron chi connectivity index (χ0n) is 9.61. The SMILES string of the molecule is N#CC1(C(=O)NCCS(N)(=O)=O)CCCCC1. The third-order valence-electron chi connectivity index (χ3n) is 3.03. The number of nitrogens with two attached hydrogens (primary N) is 1. The van der Waals surface area contributed by atoms with Crippen LogP contribution in [0.4, 0.5) is 0 Å². The van der Waals surface area contributed by atoms with Crippen molar-refractivity contribution >= 4 is 15.9 Å². The maximum atomic E-state index is 11.9. The second-order valence-corrected chi connectivity index (χ2v) is 6.11. The molecule has 0 unspecified atom stereocenters. The van der Waals surface area contributed by atoms with E-state index in [-0.39, 0.29) is 18.2 Å². The summed E-state index contributed by atoms with van der Waals surface area (Å²) in [5.41, 5.74) is -0.976. The normalized spacial score (nSPS) is 19.3. The zero-order chi connectivity index (χ0) is 12.9. The molecule has 0 spiro atoms. The summed E-state index contributed by atoms with van der Waals surface area (Å²) >= 11 is 0. The molecule has 3 N–H and O–H groups in total. The molecule has 0 aromatic carbocycles. The van der Waals surface area contributed by atoms with Gasteiger partial charge in [-0.05, 0) is 12.8 Å². The lowest BCUT2D eigenvalue weighted by molar-refractivity contribution is -0.129. The number of nitriles is 1. The van der Waals surface area contributed by atoms with Gasteiger partial charge in [-0.15, -0.1) is 0 Å². The van der Waals surface area contributed by atoms with Crippen LogP contribution in [0, 0.1) is 16.7 Å². The van der Waals surface area contributed by atoms with Crippen LogP contribution < -0.4 is 10.5 Å². The third kappa shape index (κ3) is 3.98. The molecule has 6 nitrogen and oxygen atoms in total. The molecule has 0 aromatic heterocycles. The molecule has 1 aliphatic rings. The highest BCUT2D eigenvalue weighted by Crippen LogP contribution is 2.35. The molecule has 1 aliphatic carbocycles. The lowest BCUT2D eigenvalue weighted by Crippen LogP contribution is -2.43. The molecule has 0 heterocycles. The molecule has 0 atom stereocenters. The Morgan fingerprint density at radius 3 is 2.41 bits per heavy atom. The van der Waals surface area contributed by atoms with Crippen molar-refractivity contribution in [2.75, 3.05) is 12.3 Å². The van der Waals surface area contributed by atoms with E-state index in [4.69, 9.17) is 10.4 Å². The molecule has 0 radical (unpaired) electrons. The van der Waals surface area contributed by atoms with E-state index >= 15 is 0 Å². The molecule has 0 aromatic rings. The van der Waals surface area contributed by atoms with E-state index in [1.54, 1.807) is 0 Å². The topological polar surface area (TPSA) is 113 Å². The largest absolute Gasteiger partial charge is 0.354 e. The third-order valence-corrected chi connectivity index (χ3v) is 3.80.